The molecule has 1 nitrogen and oxygen atoms in total. The zero-order valence-corrected chi connectivity index (χ0v) is 6.70. The van der Waals surface area contributed by atoms with E-state index in [2.05, 4.69) is 18.7 Å². The second kappa shape index (κ2) is 2.82. The number of hydrogen-bond acceptors (Lipinski definition) is 1. The molecule has 0 spiro atoms. The number of ether oxygens (including phenoxy) is 1. The Balaban J connectivity index is 2.12. The number of hydrogen-bond donors (Lipinski definition) is 0. The number of fused-ring (bicyclic) bond motifs is 1. The van der Waals surface area contributed by atoms with Crippen molar-refractivity contribution in [2.24, 2.45) is 11.8 Å². The van der Waals surface area contributed by atoms with Crippen LogP contribution in [-0.4, -0.2) is 12.7 Å². The minimum atomic E-state index is 0.442. The van der Waals surface area contributed by atoms with Gasteiger partial charge in [-0.15, -0.1) is 6.58 Å². The first-order valence-corrected chi connectivity index (χ1v) is 4.32. The first kappa shape index (κ1) is 7.11. The van der Waals surface area contributed by atoms with Crippen LogP contribution in [0, 0.1) is 11.8 Å². The van der Waals surface area contributed by atoms with E-state index in [4.69, 9.17) is 4.74 Å². The Morgan fingerprint density at radius 2 is 2.36 bits per heavy atom. The van der Waals surface area contributed by atoms with Gasteiger partial charge in [0.1, 0.15) is 0 Å². The Labute approximate surface area is 67.7 Å². The minimum Gasteiger partial charge on any atom is -0.373 e. The predicted molar refractivity (Wildman–Crippen MR) is 45.3 cm³/mol. The Kier molecular flexibility index (Phi) is 1.82. The second-order valence-corrected chi connectivity index (χ2v) is 3.37. The van der Waals surface area contributed by atoms with Crippen LogP contribution in [0.1, 0.15) is 12.8 Å². The maximum atomic E-state index is 5.65. The zero-order chi connectivity index (χ0) is 7.68. The Bertz CT molecular complexity index is 183. The van der Waals surface area contributed by atoms with E-state index in [1.807, 2.05) is 6.08 Å². The molecular formula is C10H14O. The van der Waals surface area contributed by atoms with Gasteiger partial charge < -0.3 is 4.74 Å². The van der Waals surface area contributed by atoms with Gasteiger partial charge in [-0.05, 0) is 12.8 Å². The van der Waals surface area contributed by atoms with Crippen LogP contribution >= 0.6 is 0 Å². The summed E-state index contributed by atoms with van der Waals surface area (Å²) >= 11 is 0. The van der Waals surface area contributed by atoms with Gasteiger partial charge in [-0.1, -0.05) is 18.2 Å². The topological polar surface area (TPSA) is 9.23 Å². The van der Waals surface area contributed by atoms with Crippen molar-refractivity contribution in [2.75, 3.05) is 6.61 Å². The lowest BCUT2D eigenvalue weighted by atomic mass is 9.99. The Hall–Kier alpha value is -0.560. The van der Waals surface area contributed by atoms with Crippen LogP contribution in [0.2, 0.25) is 0 Å². The van der Waals surface area contributed by atoms with E-state index in [1.54, 1.807) is 0 Å². The van der Waals surface area contributed by atoms with Gasteiger partial charge in [0, 0.05) is 11.8 Å². The fourth-order valence-corrected chi connectivity index (χ4v) is 2.13. The molecule has 1 aliphatic carbocycles. The lowest BCUT2D eigenvalue weighted by Gasteiger charge is -2.24. The quantitative estimate of drug-likeness (QED) is 0.520. The van der Waals surface area contributed by atoms with Crippen LogP contribution < -0.4 is 0 Å². The molecule has 1 heteroatoms. The summed E-state index contributed by atoms with van der Waals surface area (Å²) in [5, 5.41) is 0. The lowest BCUT2D eigenvalue weighted by Crippen LogP contribution is -2.25. The number of rotatable bonds is 1. The molecule has 0 aromatic heterocycles. The molecule has 0 aromatic carbocycles. The molecule has 1 heterocycles. The predicted octanol–water partition coefficient (Wildman–Crippen LogP) is 2.15. The van der Waals surface area contributed by atoms with Crippen molar-refractivity contribution in [2.45, 2.75) is 18.9 Å². The first-order valence-electron chi connectivity index (χ1n) is 4.32. The van der Waals surface area contributed by atoms with E-state index in [-0.39, 0.29) is 0 Å². The van der Waals surface area contributed by atoms with Crippen molar-refractivity contribution in [1.82, 2.24) is 0 Å². The third-order valence-corrected chi connectivity index (χ3v) is 2.75. The van der Waals surface area contributed by atoms with Crippen molar-refractivity contribution < 1.29 is 4.74 Å². The van der Waals surface area contributed by atoms with E-state index in [9.17, 15) is 0 Å². The smallest absolute Gasteiger partial charge is 0.0704 e. The van der Waals surface area contributed by atoms with Gasteiger partial charge in [0.05, 0.1) is 12.7 Å². The summed E-state index contributed by atoms with van der Waals surface area (Å²) in [6, 6.07) is 0. The lowest BCUT2D eigenvalue weighted by molar-refractivity contribution is 0.0305. The van der Waals surface area contributed by atoms with E-state index in [0.29, 0.717) is 17.9 Å². The normalized spacial score (nSPS) is 42.0. The highest BCUT2D eigenvalue weighted by Crippen LogP contribution is 2.36. The molecule has 11 heavy (non-hydrogen) atoms. The molecule has 0 aromatic rings. The van der Waals surface area contributed by atoms with Gasteiger partial charge in [-0.2, -0.15) is 0 Å². The van der Waals surface area contributed by atoms with E-state index in [0.717, 1.165) is 6.61 Å². The average Bonchev–Trinajstić information content (AvgIpc) is 2.47. The van der Waals surface area contributed by atoms with Crippen LogP contribution in [0.4, 0.5) is 0 Å². The van der Waals surface area contributed by atoms with Crippen LogP contribution in [0.25, 0.3) is 0 Å². The molecule has 0 radical (unpaired) electrons. The van der Waals surface area contributed by atoms with Gasteiger partial charge in [0.25, 0.3) is 0 Å². The highest BCUT2D eigenvalue weighted by atomic mass is 16.5. The van der Waals surface area contributed by atoms with E-state index < -0.39 is 0 Å². The molecule has 0 saturated heterocycles. The first-order chi connectivity index (χ1) is 5.42. The monoisotopic (exact) mass is 150 g/mol. The molecule has 60 valence electrons. The summed E-state index contributed by atoms with van der Waals surface area (Å²) in [6.45, 7) is 4.63. The summed E-state index contributed by atoms with van der Waals surface area (Å²) < 4.78 is 5.65. The Morgan fingerprint density at radius 3 is 3.18 bits per heavy atom. The largest absolute Gasteiger partial charge is 0.373 e. The van der Waals surface area contributed by atoms with Crippen LogP contribution in [0.5, 0.6) is 0 Å². The fourth-order valence-electron chi connectivity index (χ4n) is 2.13. The summed E-state index contributed by atoms with van der Waals surface area (Å²) in [4.78, 5) is 0. The third-order valence-electron chi connectivity index (χ3n) is 2.75. The molecule has 2 rings (SSSR count). The molecule has 2 aliphatic rings. The molecule has 0 bridgehead atoms. The highest BCUT2D eigenvalue weighted by molar-refractivity contribution is 5.05. The van der Waals surface area contributed by atoms with Gasteiger partial charge in [0.15, 0.2) is 0 Å². The van der Waals surface area contributed by atoms with Gasteiger partial charge in [0.2, 0.25) is 0 Å². The summed E-state index contributed by atoms with van der Waals surface area (Å²) in [5.74, 6) is 1.27. The van der Waals surface area contributed by atoms with Gasteiger partial charge in [-0.25, -0.2) is 0 Å². The second-order valence-electron chi connectivity index (χ2n) is 3.37. The average molecular weight is 150 g/mol. The minimum absolute atomic E-state index is 0.442. The van der Waals surface area contributed by atoms with Crippen molar-refractivity contribution >= 4 is 0 Å². The van der Waals surface area contributed by atoms with Gasteiger partial charge in [-0.3, -0.25) is 0 Å². The van der Waals surface area contributed by atoms with E-state index >= 15 is 0 Å². The Morgan fingerprint density at radius 1 is 1.45 bits per heavy atom. The standard InChI is InChI=1S/C10H14O/c1-2-8-5-6-9-4-3-7-11-10(8)9/h2-4,8-10H,1,5-7H2/t8-,9+,10-/m0/s1. The molecule has 0 unspecified atom stereocenters. The molecule has 1 saturated carbocycles. The van der Waals surface area contributed by atoms with Crippen molar-refractivity contribution in [3.8, 4) is 0 Å². The van der Waals surface area contributed by atoms with E-state index in [1.165, 1.54) is 12.8 Å². The van der Waals surface area contributed by atoms with Crippen molar-refractivity contribution in [3.63, 3.8) is 0 Å². The molecule has 0 N–H and O–H groups in total. The molecule has 3 atom stereocenters. The van der Waals surface area contributed by atoms with Crippen molar-refractivity contribution in [3.05, 3.63) is 24.8 Å². The maximum Gasteiger partial charge on any atom is 0.0704 e. The van der Waals surface area contributed by atoms with Crippen LogP contribution in [0.15, 0.2) is 24.8 Å². The maximum absolute atomic E-state index is 5.65. The molecule has 1 fully saturated rings. The summed E-state index contributed by atoms with van der Waals surface area (Å²) in [6.07, 6.45) is 9.45. The third kappa shape index (κ3) is 1.14. The van der Waals surface area contributed by atoms with Crippen molar-refractivity contribution in [1.29, 1.82) is 0 Å². The molecular weight excluding hydrogens is 136 g/mol. The molecule has 1 aliphatic heterocycles. The van der Waals surface area contributed by atoms with Crippen LogP contribution in [0.3, 0.4) is 0 Å². The SMILES string of the molecule is C=C[C@H]1CC[C@H]2C=CCO[C@H]21. The zero-order valence-electron chi connectivity index (χ0n) is 6.70. The molecule has 0 amide bonds. The highest BCUT2D eigenvalue weighted by Gasteiger charge is 2.34. The summed E-state index contributed by atoms with van der Waals surface area (Å²) in [5.41, 5.74) is 0. The van der Waals surface area contributed by atoms with Crippen LogP contribution in [-0.2, 0) is 4.74 Å². The fraction of sp³-hybridized carbons (Fsp3) is 0.600. The van der Waals surface area contributed by atoms with Gasteiger partial charge >= 0.3 is 0 Å². The summed E-state index contributed by atoms with van der Waals surface area (Å²) in [7, 11) is 0.